The maximum absolute atomic E-state index is 10.0. The van der Waals surface area contributed by atoms with E-state index in [2.05, 4.69) is 37.8 Å². The Hall–Kier alpha value is -3.53. The fourth-order valence-corrected chi connectivity index (χ4v) is 6.40. The van der Waals surface area contributed by atoms with Crippen molar-refractivity contribution in [3.63, 3.8) is 0 Å². The Morgan fingerprint density at radius 3 is 2.77 bits per heavy atom. The first-order chi connectivity index (χ1) is 20.9. The highest BCUT2D eigenvalue weighted by molar-refractivity contribution is 6.35. The van der Waals surface area contributed by atoms with Crippen LogP contribution in [0, 0.1) is 5.92 Å². The van der Waals surface area contributed by atoms with E-state index in [9.17, 15) is 5.11 Å². The van der Waals surface area contributed by atoms with Gasteiger partial charge in [0.2, 0.25) is 5.89 Å². The van der Waals surface area contributed by atoms with Gasteiger partial charge in [0.15, 0.2) is 6.61 Å². The van der Waals surface area contributed by atoms with Crippen molar-refractivity contribution in [1.29, 1.82) is 0 Å². The normalized spacial score (nSPS) is 17.7. The minimum atomic E-state index is 0.0648. The number of aliphatic hydroxyl groups excluding tert-OH is 1. The molecule has 0 saturated carbocycles. The number of piperidine rings is 1. The van der Waals surface area contributed by atoms with Crippen molar-refractivity contribution < 1.29 is 14.3 Å². The smallest absolute Gasteiger partial charge is 0.232 e. The summed E-state index contributed by atoms with van der Waals surface area (Å²) in [7, 11) is 0. The molecule has 11 heteroatoms. The first kappa shape index (κ1) is 29.5. The summed E-state index contributed by atoms with van der Waals surface area (Å²) in [5, 5.41) is 11.1. The van der Waals surface area contributed by atoms with Crippen LogP contribution in [0.3, 0.4) is 0 Å². The van der Waals surface area contributed by atoms with Gasteiger partial charge in [0, 0.05) is 30.1 Å². The summed E-state index contributed by atoms with van der Waals surface area (Å²) in [4.78, 5) is 18.7. The van der Waals surface area contributed by atoms with E-state index in [-0.39, 0.29) is 18.4 Å². The third-order valence-electron chi connectivity index (χ3n) is 8.34. The Labute approximate surface area is 261 Å². The summed E-state index contributed by atoms with van der Waals surface area (Å²) in [5.41, 5.74) is 2.66. The SMILES string of the molecule is C=C(O)c1ccc2nc(CN3CCC(Cc4cnc(COc5ccc(Cl)cc5Cl)o4)CC3)n(CC3CN=CN3CC)c2c1. The molecule has 2 aliphatic heterocycles. The predicted molar refractivity (Wildman–Crippen MR) is 170 cm³/mol. The fraction of sp³-hybridized carbons (Fsp3) is 0.406. The number of benzene rings is 2. The molecule has 43 heavy (non-hydrogen) atoms. The molecule has 1 saturated heterocycles. The molecule has 1 fully saturated rings. The van der Waals surface area contributed by atoms with E-state index in [1.807, 2.05) is 24.5 Å². The number of imidazole rings is 1. The first-order valence-corrected chi connectivity index (χ1v) is 15.5. The summed E-state index contributed by atoms with van der Waals surface area (Å²) in [5.74, 6) is 3.58. The van der Waals surface area contributed by atoms with E-state index in [4.69, 9.17) is 37.3 Å². The monoisotopic (exact) mass is 622 g/mol. The topological polar surface area (TPSA) is 92.2 Å². The van der Waals surface area contributed by atoms with Gasteiger partial charge < -0.3 is 23.7 Å². The van der Waals surface area contributed by atoms with E-state index >= 15 is 0 Å². The van der Waals surface area contributed by atoms with E-state index in [1.165, 1.54) is 0 Å². The highest BCUT2D eigenvalue weighted by atomic mass is 35.5. The third-order valence-corrected chi connectivity index (χ3v) is 8.87. The zero-order valence-corrected chi connectivity index (χ0v) is 25.8. The number of hydrogen-bond acceptors (Lipinski definition) is 8. The largest absolute Gasteiger partial charge is 0.508 e. The van der Waals surface area contributed by atoms with Crippen molar-refractivity contribution in [3.8, 4) is 5.75 Å². The number of halogens is 2. The molecule has 1 N–H and O–H groups in total. The molecule has 0 amide bonds. The third kappa shape index (κ3) is 6.84. The van der Waals surface area contributed by atoms with Crippen molar-refractivity contribution in [3.05, 3.63) is 82.3 Å². The van der Waals surface area contributed by atoms with Gasteiger partial charge in [0.05, 0.1) is 47.7 Å². The molecule has 2 aliphatic rings. The number of rotatable bonds is 11. The van der Waals surface area contributed by atoms with Crippen LogP contribution >= 0.6 is 23.2 Å². The molecule has 4 aromatic rings. The number of nitrogens with zero attached hydrogens (tertiary/aromatic N) is 6. The molecular formula is C32H36Cl2N6O3. The van der Waals surface area contributed by atoms with Gasteiger partial charge in [-0.05, 0) is 75.2 Å². The van der Waals surface area contributed by atoms with Crippen LogP contribution in [0.25, 0.3) is 16.8 Å². The van der Waals surface area contributed by atoms with Crippen LogP contribution in [-0.2, 0) is 26.1 Å². The average Bonchev–Trinajstić information content (AvgIpc) is 3.72. The minimum absolute atomic E-state index is 0.0648. The molecule has 9 nitrogen and oxygen atoms in total. The van der Waals surface area contributed by atoms with Gasteiger partial charge in [-0.15, -0.1) is 0 Å². The summed E-state index contributed by atoms with van der Waals surface area (Å²) in [6.07, 6.45) is 6.75. The Morgan fingerprint density at radius 2 is 2.00 bits per heavy atom. The van der Waals surface area contributed by atoms with E-state index in [1.54, 1.807) is 24.4 Å². The maximum atomic E-state index is 10.0. The first-order valence-electron chi connectivity index (χ1n) is 14.7. The van der Waals surface area contributed by atoms with Crippen LogP contribution < -0.4 is 4.74 Å². The number of aliphatic imine (C=N–C) groups is 1. The van der Waals surface area contributed by atoms with Gasteiger partial charge in [-0.25, -0.2) is 9.97 Å². The van der Waals surface area contributed by atoms with Crippen LogP contribution in [-0.4, -0.2) is 68.0 Å². The van der Waals surface area contributed by atoms with Crippen LogP contribution in [0.15, 0.2) is 58.6 Å². The van der Waals surface area contributed by atoms with Crippen LogP contribution in [0.4, 0.5) is 0 Å². The quantitative estimate of drug-likeness (QED) is 0.188. The predicted octanol–water partition coefficient (Wildman–Crippen LogP) is 6.63. The second kappa shape index (κ2) is 13.0. The number of aromatic nitrogens is 3. The molecule has 1 unspecified atom stereocenters. The van der Waals surface area contributed by atoms with Crippen LogP contribution in [0.1, 0.15) is 42.8 Å². The van der Waals surface area contributed by atoms with Crippen LogP contribution in [0.5, 0.6) is 5.75 Å². The molecular weight excluding hydrogens is 587 g/mol. The van der Waals surface area contributed by atoms with Gasteiger partial charge in [-0.3, -0.25) is 9.89 Å². The zero-order chi connectivity index (χ0) is 29.9. The molecule has 2 aromatic carbocycles. The average molecular weight is 624 g/mol. The lowest BCUT2D eigenvalue weighted by Crippen LogP contribution is -2.37. The summed E-state index contributed by atoms with van der Waals surface area (Å²) >= 11 is 12.2. The Kier molecular flexibility index (Phi) is 8.93. The fourth-order valence-electron chi connectivity index (χ4n) is 5.94. The lowest BCUT2D eigenvalue weighted by Gasteiger charge is -2.31. The van der Waals surface area contributed by atoms with Crippen molar-refractivity contribution in [2.75, 3.05) is 26.2 Å². The minimum Gasteiger partial charge on any atom is -0.508 e. The molecule has 4 heterocycles. The highest BCUT2D eigenvalue weighted by Crippen LogP contribution is 2.29. The highest BCUT2D eigenvalue weighted by Gasteiger charge is 2.26. The number of oxazole rings is 1. The van der Waals surface area contributed by atoms with E-state index < -0.39 is 0 Å². The van der Waals surface area contributed by atoms with Gasteiger partial charge >= 0.3 is 0 Å². The lowest BCUT2D eigenvalue weighted by molar-refractivity contribution is 0.166. The summed E-state index contributed by atoms with van der Waals surface area (Å²) < 4.78 is 14.1. The van der Waals surface area contributed by atoms with Crippen LogP contribution in [0.2, 0.25) is 10.0 Å². The molecule has 0 aliphatic carbocycles. The van der Waals surface area contributed by atoms with Gasteiger partial charge in [0.25, 0.3) is 0 Å². The number of hydrogen-bond donors (Lipinski definition) is 1. The van der Waals surface area contributed by atoms with Crippen molar-refractivity contribution in [2.45, 2.75) is 51.9 Å². The van der Waals surface area contributed by atoms with Gasteiger partial charge in [-0.1, -0.05) is 29.8 Å². The van der Waals surface area contributed by atoms with E-state index in [0.29, 0.717) is 33.2 Å². The number of likely N-dealkylation sites (tertiary alicyclic amines) is 1. The number of likely N-dealkylation sites (N-methyl/N-ethyl adjacent to an activating group) is 1. The summed E-state index contributed by atoms with van der Waals surface area (Å²) in [6.45, 7) is 11.3. The van der Waals surface area contributed by atoms with Gasteiger partial charge in [0.1, 0.15) is 23.1 Å². The lowest BCUT2D eigenvalue weighted by atomic mass is 9.93. The Morgan fingerprint density at radius 1 is 1.16 bits per heavy atom. The number of fused-ring (bicyclic) bond motifs is 1. The van der Waals surface area contributed by atoms with Crippen molar-refractivity contribution >= 4 is 46.3 Å². The van der Waals surface area contributed by atoms with E-state index in [0.717, 1.165) is 81.1 Å². The van der Waals surface area contributed by atoms with Gasteiger partial charge in [-0.2, -0.15) is 0 Å². The van der Waals surface area contributed by atoms with Crippen molar-refractivity contribution in [1.82, 2.24) is 24.3 Å². The second-order valence-electron chi connectivity index (χ2n) is 11.3. The Balaban J connectivity index is 1.07. The number of aliphatic hydroxyl groups is 1. The molecule has 1 atom stereocenters. The zero-order valence-electron chi connectivity index (χ0n) is 24.3. The molecule has 2 aromatic heterocycles. The van der Waals surface area contributed by atoms with Crippen molar-refractivity contribution in [2.24, 2.45) is 10.9 Å². The Bertz CT molecular complexity index is 1620. The molecule has 6 rings (SSSR count). The molecule has 0 radical (unpaired) electrons. The second-order valence-corrected chi connectivity index (χ2v) is 12.1. The maximum Gasteiger partial charge on any atom is 0.232 e. The summed E-state index contributed by atoms with van der Waals surface area (Å²) in [6, 6.07) is 11.3. The molecule has 0 spiro atoms. The molecule has 0 bridgehead atoms. The standard InChI is InChI=1S/C32H36Cl2N6O3/c1-3-39-20-35-15-25(39)17-40-29-13-23(21(2)41)4-6-28(29)37-31(40)18-38-10-8-22(9-11-38)12-26-16-36-32(43-26)19-42-30-7-5-24(33)14-27(30)34/h4-7,13-14,16,20,22,25,41H,2-3,8-12,15,17-19H2,1H3. The number of ether oxygens (including phenoxy) is 1. The molecule has 226 valence electrons.